The molecule has 0 saturated carbocycles. The third-order valence-electron chi connectivity index (χ3n) is 4.14. The van der Waals surface area contributed by atoms with Gasteiger partial charge >= 0.3 is 0 Å². The molecule has 0 saturated heterocycles. The van der Waals surface area contributed by atoms with Crippen LogP contribution in [0.25, 0.3) is 0 Å². The lowest BCUT2D eigenvalue weighted by molar-refractivity contribution is 0.0933. The first-order valence-corrected chi connectivity index (χ1v) is 7.88. The first kappa shape index (κ1) is 13.6. The van der Waals surface area contributed by atoms with E-state index in [1.807, 2.05) is 18.2 Å². The fraction of sp³-hybridized carbons (Fsp3) is 0.278. The van der Waals surface area contributed by atoms with Crippen molar-refractivity contribution in [3.05, 3.63) is 69.2 Å². The van der Waals surface area contributed by atoms with Gasteiger partial charge in [0.25, 0.3) is 0 Å². The van der Waals surface area contributed by atoms with E-state index in [2.05, 4.69) is 47.1 Å². The third kappa shape index (κ3) is 2.33. The largest absolute Gasteiger partial charge is 0.294 e. The van der Waals surface area contributed by atoms with Crippen LogP contribution in [0, 0.1) is 5.92 Å². The molecule has 1 aliphatic carbocycles. The minimum Gasteiger partial charge on any atom is -0.294 e. The molecule has 1 unspecified atom stereocenters. The number of fused-ring (bicyclic) bond motifs is 1. The van der Waals surface area contributed by atoms with Crippen LogP contribution in [0.15, 0.2) is 46.9 Å². The number of Topliss-reactive ketones (excluding diaryl/α,β-unsaturated/α-hetero) is 1. The highest BCUT2D eigenvalue weighted by molar-refractivity contribution is 9.10. The number of ketones is 1. The van der Waals surface area contributed by atoms with Gasteiger partial charge in [-0.05, 0) is 42.0 Å². The lowest BCUT2D eigenvalue weighted by Gasteiger charge is -2.09. The molecule has 1 nitrogen and oxygen atoms in total. The molecule has 0 radical (unpaired) electrons. The molecule has 2 aromatic carbocycles. The highest BCUT2D eigenvalue weighted by atomic mass is 79.9. The summed E-state index contributed by atoms with van der Waals surface area (Å²) < 4.78 is 1.08. The van der Waals surface area contributed by atoms with E-state index >= 15 is 0 Å². The Morgan fingerprint density at radius 1 is 1.15 bits per heavy atom. The van der Waals surface area contributed by atoms with Crippen molar-refractivity contribution in [3.8, 4) is 0 Å². The lowest BCUT2D eigenvalue weighted by Crippen LogP contribution is -2.09. The zero-order chi connectivity index (χ0) is 14.1. The van der Waals surface area contributed by atoms with E-state index in [0.29, 0.717) is 5.78 Å². The van der Waals surface area contributed by atoms with Crippen LogP contribution in [0.1, 0.15) is 40.4 Å². The molecule has 0 spiro atoms. The first-order valence-electron chi connectivity index (χ1n) is 7.09. The van der Waals surface area contributed by atoms with Crippen molar-refractivity contribution in [2.75, 3.05) is 0 Å². The summed E-state index contributed by atoms with van der Waals surface area (Å²) in [6, 6.07) is 14.5. The summed E-state index contributed by atoms with van der Waals surface area (Å²) in [6.07, 6.45) is 2.64. The fourth-order valence-electron chi connectivity index (χ4n) is 3.01. The first-order chi connectivity index (χ1) is 9.70. The van der Waals surface area contributed by atoms with E-state index in [-0.39, 0.29) is 5.92 Å². The molecule has 3 rings (SSSR count). The van der Waals surface area contributed by atoms with Crippen molar-refractivity contribution in [1.29, 1.82) is 0 Å². The van der Waals surface area contributed by atoms with Gasteiger partial charge in [-0.3, -0.25) is 4.79 Å². The van der Waals surface area contributed by atoms with Gasteiger partial charge in [0, 0.05) is 16.0 Å². The Hall–Kier alpha value is -1.41. The molecule has 0 N–H and O–H groups in total. The van der Waals surface area contributed by atoms with Crippen LogP contribution in [0.5, 0.6) is 0 Å². The van der Waals surface area contributed by atoms with Gasteiger partial charge in [-0.15, -0.1) is 0 Å². The maximum atomic E-state index is 12.6. The average molecular weight is 329 g/mol. The zero-order valence-electron chi connectivity index (χ0n) is 11.5. The Morgan fingerprint density at radius 3 is 2.60 bits per heavy atom. The van der Waals surface area contributed by atoms with Gasteiger partial charge in [-0.2, -0.15) is 0 Å². The van der Waals surface area contributed by atoms with E-state index < -0.39 is 0 Å². The maximum absolute atomic E-state index is 12.6. The summed E-state index contributed by atoms with van der Waals surface area (Å²) in [5, 5.41) is 0. The molecule has 0 aromatic heterocycles. The number of hydrogen-bond acceptors (Lipinski definition) is 1. The molecule has 0 bridgehead atoms. The van der Waals surface area contributed by atoms with Crippen LogP contribution in [0.4, 0.5) is 0 Å². The highest BCUT2D eigenvalue weighted by Crippen LogP contribution is 2.36. The molecule has 1 aliphatic rings. The van der Waals surface area contributed by atoms with Gasteiger partial charge in [-0.25, -0.2) is 0 Å². The Kier molecular flexibility index (Phi) is 3.75. The van der Waals surface area contributed by atoms with E-state index in [0.717, 1.165) is 34.9 Å². The van der Waals surface area contributed by atoms with Crippen LogP contribution in [-0.4, -0.2) is 5.78 Å². The topological polar surface area (TPSA) is 17.1 Å². The number of rotatable bonds is 3. The number of halogens is 1. The molecule has 0 fully saturated rings. The molecule has 1 atom stereocenters. The van der Waals surface area contributed by atoms with Gasteiger partial charge in [0.1, 0.15) is 0 Å². The second-order valence-electron chi connectivity index (χ2n) is 5.40. The van der Waals surface area contributed by atoms with Gasteiger partial charge in [0.2, 0.25) is 0 Å². The molecule has 20 heavy (non-hydrogen) atoms. The number of benzene rings is 2. The van der Waals surface area contributed by atoms with Gasteiger partial charge in [0.05, 0.1) is 0 Å². The number of carbonyl (C=O) groups excluding carboxylic acids is 1. The Bertz CT molecular complexity index is 646. The normalized spacial score (nSPS) is 17.3. The number of hydrogen-bond donors (Lipinski definition) is 0. The van der Waals surface area contributed by atoms with Crippen molar-refractivity contribution < 1.29 is 4.79 Å². The molecule has 0 heterocycles. The lowest BCUT2D eigenvalue weighted by atomic mass is 9.96. The predicted molar refractivity (Wildman–Crippen MR) is 85.2 cm³/mol. The maximum Gasteiger partial charge on any atom is 0.166 e. The second kappa shape index (κ2) is 5.53. The SMILES string of the molecule is CCC1Cc2c(Br)ccc(Cc3ccccc3)c2C1=O. The molecular weight excluding hydrogens is 312 g/mol. The third-order valence-corrected chi connectivity index (χ3v) is 4.88. The zero-order valence-corrected chi connectivity index (χ0v) is 13.1. The van der Waals surface area contributed by atoms with Crippen LogP contribution < -0.4 is 0 Å². The van der Waals surface area contributed by atoms with Crippen LogP contribution in [0.2, 0.25) is 0 Å². The summed E-state index contributed by atoms with van der Waals surface area (Å²) in [6.45, 7) is 2.10. The van der Waals surface area contributed by atoms with Crippen molar-refractivity contribution in [1.82, 2.24) is 0 Å². The summed E-state index contributed by atoms with van der Waals surface area (Å²) in [5.41, 5.74) is 4.59. The Morgan fingerprint density at radius 2 is 1.90 bits per heavy atom. The van der Waals surface area contributed by atoms with Crippen molar-refractivity contribution >= 4 is 21.7 Å². The summed E-state index contributed by atoms with van der Waals surface area (Å²) in [7, 11) is 0. The molecule has 2 heteroatoms. The monoisotopic (exact) mass is 328 g/mol. The smallest absolute Gasteiger partial charge is 0.166 e. The van der Waals surface area contributed by atoms with Crippen LogP contribution >= 0.6 is 15.9 Å². The van der Waals surface area contributed by atoms with E-state index in [1.54, 1.807) is 0 Å². The minimum atomic E-state index is 0.165. The molecular formula is C18H17BrO. The van der Waals surface area contributed by atoms with Gasteiger partial charge in [0.15, 0.2) is 5.78 Å². The molecule has 2 aromatic rings. The molecule has 0 amide bonds. The van der Waals surface area contributed by atoms with E-state index in [9.17, 15) is 4.79 Å². The standard InChI is InChI=1S/C18H17BrO/c1-2-13-11-15-16(19)9-8-14(17(15)18(13)20)10-12-6-4-3-5-7-12/h3-9,13H,2,10-11H2,1H3. The Labute approximate surface area is 128 Å². The van der Waals surface area contributed by atoms with Crippen LogP contribution in [-0.2, 0) is 12.8 Å². The second-order valence-corrected chi connectivity index (χ2v) is 6.25. The molecule has 0 aliphatic heterocycles. The van der Waals surface area contributed by atoms with Crippen molar-refractivity contribution in [2.45, 2.75) is 26.2 Å². The summed E-state index contributed by atoms with van der Waals surface area (Å²) in [5.74, 6) is 0.493. The number of carbonyl (C=O) groups is 1. The summed E-state index contributed by atoms with van der Waals surface area (Å²) >= 11 is 3.60. The highest BCUT2D eigenvalue weighted by Gasteiger charge is 2.32. The minimum absolute atomic E-state index is 0.165. The Balaban J connectivity index is 2.03. The van der Waals surface area contributed by atoms with Crippen molar-refractivity contribution in [3.63, 3.8) is 0 Å². The van der Waals surface area contributed by atoms with Gasteiger partial charge in [-0.1, -0.05) is 59.3 Å². The van der Waals surface area contributed by atoms with E-state index in [4.69, 9.17) is 0 Å². The molecule has 102 valence electrons. The van der Waals surface area contributed by atoms with Gasteiger partial charge < -0.3 is 0 Å². The van der Waals surface area contributed by atoms with Crippen LogP contribution in [0.3, 0.4) is 0 Å². The predicted octanol–water partition coefficient (Wildman–Crippen LogP) is 4.80. The fourth-order valence-corrected chi connectivity index (χ4v) is 3.51. The quantitative estimate of drug-likeness (QED) is 0.790. The average Bonchev–Trinajstić information content (AvgIpc) is 2.81. The van der Waals surface area contributed by atoms with E-state index in [1.165, 1.54) is 11.1 Å². The summed E-state index contributed by atoms with van der Waals surface area (Å²) in [4.78, 5) is 12.6. The van der Waals surface area contributed by atoms with Crippen molar-refractivity contribution in [2.24, 2.45) is 5.92 Å².